The lowest BCUT2D eigenvalue weighted by Crippen LogP contribution is -2.42. The molecule has 0 amide bonds. The number of rotatable bonds is 3. The van der Waals surface area contributed by atoms with Crippen molar-refractivity contribution in [3.8, 4) is 0 Å². The van der Waals surface area contributed by atoms with Crippen LogP contribution < -0.4 is 4.90 Å². The van der Waals surface area contributed by atoms with Crippen LogP contribution in [0.1, 0.15) is 43.4 Å². The first-order chi connectivity index (χ1) is 9.04. The van der Waals surface area contributed by atoms with Crippen molar-refractivity contribution in [2.45, 2.75) is 45.3 Å². The number of aryl methyl sites for hydroxylation is 1. The molecule has 3 nitrogen and oxygen atoms in total. The average molecular weight is 267 g/mol. The predicted molar refractivity (Wildman–Crippen MR) is 73.8 cm³/mol. The standard InChI is InChI=1S/C15H22FNO2/c1-10-7-15(13(11(2)19)8-14(10)16)17-6-4-3-5-12(17)9-18/h7-8,11-12,18-19H,3-6,9H2,1-2H3/t11-,12?/m0/s1. The third-order valence-corrected chi connectivity index (χ3v) is 3.91. The summed E-state index contributed by atoms with van der Waals surface area (Å²) in [6, 6.07) is 3.26. The highest BCUT2D eigenvalue weighted by atomic mass is 19.1. The van der Waals surface area contributed by atoms with Gasteiger partial charge in [-0.1, -0.05) is 0 Å². The number of benzene rings is 1. The lowest BCUT2D eigenvalue weighted by Gasteiger charge is -2.38. The maximum absolute atomic E-state index is 13.7. The molecule has 0 bridgehead atoms. The molecule has 0 radical (unpaired) electrons. The van der Waals surface area contributed by atoms with Gasteiger partial charge >= 0.3 is 0 Å². The van der Waals surface area contributed by atoms with Crippen molar-refractivity contribution in [1.82, 2.24) is 0 Å². The highest BCUT2D eigenvalue weighted by molar-refractivity contribution is 5.57. The van der Waals surface area contributed by atoms with Gasteiger partial charge in [-0.3, -0.25) is 0 Å². The molecule has 1 aromatic carbocycles. The van der Waals surface area contributed by atoms with Gasteiger partial charge < -0.3 is 15.1 Å². The van der Waals surface area contributed by atoms with E-state index in [0.717, 1.165) is 31.5 Å². The van der Waals surface area contributed by atoms with Crippen molar-refractivity contribution in [3.05, 3.63) is 29.1 Å². The molecule has 106 valence electrons. The van der Waals surface area contributed by atoms with Gasteiger partial charge in [-0.15, -0.1) is 0 Å². The van der Waals surface area contributed by atoms with E-state index in [1.807, 2.05) is 0 Å². The van der Waals surface area contributed by atoms with Crippen molar-refractivity contribution >= 4 is 5.69 Å². The summed E-state index contributed by atoms with van der Waals surface area (Å²) in [6.45, 7) is 4.31. The van der Waals surface area contributed by atoms with E-state index in [0.29, 0.717) is 11.1 Å². The molecule has 0 saturated carbocycles. The average Bonchev–Trinajstić information content (AvgIpc) is 2.41. The molecule has 0 spiro atoms. The molecule has 2 rings (SSSR count). The lowest BCUT2D eigenvalue weighted by atomic mass is 9.97. The number of piperidine rings is 1. The predicted octanol–water partition coefficient (Wildman–Crippen LogP) is 2.54. The number of aliphatic hydroxyl groups is 2. The molecular weight excluding hydrogens is 245 g/mol. The molecule has 1 unspecified atom stereocenters. The van der Waals surface area contributed by atoms with E-state index < -0.39 is 6.10 Å². The summed E-state index contributed by atoms with van der Waals surface area (Å²) in [7, 11) is 0. The minimum Gasteiger partial charge on any atom is -0.394 e. The summed E-state index contributed by atoms with van der Waals surface area (Å²) < 4.78 is 13.7. The molecule has 0 aromatic heterocycles. The van der Waals surface area contributed by atoms with Gasteiger partial charge in [-0.05, 0) is 50.8 Å². The second kappa shape index (κ2) is 5.88. The highest BCUT2D eigenvalue weighted by Gasteiger charge is 2.25. The molecular formula is C15H22FNO2. The molecule has 19 heavy (non-hydrogen) atoms. The number of hydrogen-bond donors (Lipinski definition) is 2. The largest absolute Gasteiger partial charge is 0.394 e. The highest BCUT2D eigenvalue weighted by Crippen LogP contribution is 2.33. The third-order valence-electron chi connectivity index (χ3n) is 3.91. The summed E-state index contributed by atoms with van der Waals surface area (Å²) in [6.07, 6.45) is 2.39. The van der Waals surface area contributed by atoms with E-state index in [4.69, 9.17) is 0 Å². The number of halogens is 1. The summed E-state index contributed by atoms with van der Waals surface area (Å²) in [4.78, 5) is 2.11. The maximum atomic E-state index is 13.7. The summed E-state index contributed by atoms with van der Waals surface area (Å²) >= 11 is 0. The van der Waals surface area contributed by atoms with Crippen LogP contribution in [0.15, 0.2) is 12.1 Å². The molecule has 1 heterocycles. The molecule has 4 heteroatoms. The third kappa shape index (κ3) is 2.90. The quantitative estimate of drug-likeness (QED) is 0.884. The summed E-state index contributed by atoms with van der Waals surface area (Å²) in [5.74, 6) is -0.294. The lowest BCUT2D eigenvalue weighted by molar-refractivity contribution is 0.197. The van der Waals surface area contributed by atoms with Crippen molar-refractivity contribution in [2.75, 3.05) is 18.1 Å². The van der Waals surface area contributed by atoms with Crippen LogP contribution in [-0.2, 0) is 0 Å². The molecule has 0 aliphatic carbocycles. The topological polar surface area (TPSA) is 43.7 Å². The Balaban J connectivity index is 2.44. The first kappa shape index (κ1) is 14.3. The van der Waals surface area contributed by atoms with Gasteiger partial charge in [0.05, 0.1) is 18.8 Å². The number of anilines is 1. The van der Waals surface area contributed by atoms with Crippen LogP contribution in [0.4, 0.5) is 10.1 Å². The molecule has 2 atom stereocenters. The minimum atomic E-state index is -0.716. The Kier molecular flexibility index (Phi) is 4.42. The van der Waals surface area contributed by atoms with Crippen LogP contribution in [0, 0.1) is 12.7 Å². The van der Waals surface area contributed by atoms with Gasteiger partial charge in [0.15, 0.2) is 0 Å². The zero-order valence-corrected chi connectivity index (χ0v) is 11.6. The Morgan fingerprint density at radius 1 is 1.42 bits per heavy atom. The van der Waals surface area contributed by atoms with E-state index in [2.05, 4.69) is 4.90 Å². The van der Waals surface area contributed by atoms with Crippen molar-refractivity contribution in [2.24, 2.45) is 0 Å². The molecule has 1 aliphatic heterocycles. The molecule has 1 saturated heterocycles. The molecule has 1 aliphatic rings. The van der Waals surface area contributed by atoms with E-state index in [9.17, 15) is 14.6 Å². The molecule has 1 aromatic rings. The smallest absolute Gasteiger partial charge is 0.126 e. The van der Waals surface area contributed by atoms with Crippen LogP contribution in [-0.4, -0.2) is 29.4 Å². The Morgan fingerprint density at radius 2 is 2.16 bits per heavy atom. The molecule has 1 fully saturated rings. The fraction of sp³-hybridized carbons (Fsp3) is 0.600. The zero-order chi connectivity index (χ0) is 14.0. The fourth-order valence-corrected chi connectivity index (χ4v) is 2.77. The van der Waals surface area contributed by atoms with Gasteiger partial charge in [-0.2, -0.15) is 0 Å². The monoisotopic (exact) mass is 267 g/mol. The number of nitrogens with zero attached hydrogens (tertiary/aromatic N) is 1. The van der Waals surface area contributed by atoms with Gasteiger partial charge in [0.2, 0.25) is 0 Å². The molecule has 2 N–H and O–H groups in total. The van der Waals surface area contributed by atoms with E-state index in [-0.39, 0.29) is 18.5 Å². The fourth-order valence-electron chi connectivity index (χ4n) is 2.77. The number of aliphatic hydroxyl groups excluding tert-OH is 2. The first-order valence-electron chi connectivity index (χ1n) is 6.90. The van der Waals surface area contributed by atoms with Crippen LogP contribution in [0.25, 0.3) is 0 Å². The van der Waals surface area contributed by atoms with Crippen LogP contribution >= 0.6 is 0 Å². The minimum absolute atomic E-state index is 0.0658. The summed E-state index contributed by atoms with van der Waals surface area (Å²) in [5.41, 5.74) is 2.03. The Hall–Kier alpha value is -1.13. The van der Waals surface area contributed by atoms with E-state index >= 15 is 0 Å². The zero-order valence-electron chi connectivity index (χ0n) is 11.6. The van der Waals surface area contributed by atoms with Gasteiger partial charge in [0, 0.05) is 17.8 Å². The first-order valence-corrected chi connectivity index (χ1v) is 6.90. The van der Waals surface area contributed by atoms with E-state index in [1.54, 1.807) is 19.9 Å². The van der Waals surface area contributed by atoms with Gasteiger partial charge in [0.1, 0.15) is 5.82 Å². The second-order valence-corrected chi connectivity index (χ2v) is 5.36. The Bertz CT molecular complexity index is 448. The van der Waals surface area contributed by atoms with Crippen LogP contribution in [0.2, 0.25) is 0 Å². The van der Waals surface area contributed by atoms with Crippen molar-refractivity contribution < 1.29 is 14.6 Å². The van der Waals surface area contributed by atoms with Crippen molar-refractivity contribution in [1.29, 1.82) is 0 Å². The SMILES string of the molecule is Cc1cc(N2CCCCC2CO)c([C@H](C)O)cc1F. The van der Waals surface area contributed by atoms with Gasteiger partial charge in [0.25, 0.3) is 0 Å². The Labute approximate surface area is 113 Å². The Morgan fingerprint density at radius 3 is 2.79 bits per heavy atom. The number of hydrogen-bond acceptors (Lipinski definition) is 3. The van der Waals surface area contributed by atoms with Crippen molar-refractivity contribution in [3.63, 3.8) is 0 Å². The maximum Gasteiger partial charge on any atom is 0.126 e. The second-order valence-electron chi connectivity index (χ2n) is 5.36. The summed E-state index contributed by atoms with van der Waals surface area (Å²) in [5, 5.41) is 19.4. The van der Waals surface area contributed by atoms with E-state index in [1.165, 1.54) is 6.07 Å². The van der Waals surface area contributed by atoms with Crippen LogP contribution in [0.3, 0.4) is 0 Å². The van der Waals surface area contributed by atoms with Gasteiger partial charge in [-0.25, -0.2) is 4.39 Å². The normalized spacial score (nSPS) is 21.5. The van der Waals surface area contributed by atoms with Crippen LogP contribution in [0.5, 0.6) is 0 Å².